The fourth-order valence-corrected chi connectivity index (χ4v) is 4.72. The average molecular weight is 469 g/mol. The number of fused-ring (bicyclic) bond motifs is 1. The van der Waals surface area contributed by atoms with Crippen LogP contribution in [0.4, 0.5) is 0 Å². The number of Topliss-reactive ketones (excluding diaryl/α,β-unsaturated/α-hetero) is 1. The molecule has 7 heteroatoms. The molecule has 176 valence electrons. The van der Waals surface area contributed by atoms with Crippen LogP contribution in [0.5, 0.6) is 11.5 Å². The molecule has 2 heterocycles. The summed E-state index contributed by atoms with van der Waals surface area (Å²) in [6.07, 6.45) is 2.40. The first kappa shape index (κ1) is 22.3. The normalized spacial score (nSPS) is 17.3. The number of para-hydroxylation sites is 2. The van der Waals surface area contributed by atoms with E-state index in [0.29, 0.717) is 23.3 Å². The van der Waals surface area contributed by atoms with Crippen LogP contribution >= 0.6 is 0 Å². The Balaban J connectivity index is 1.59. The molecule has 0 bridgehead atoms. The summed E-state index contributed by atoms with van der Waals surface area (Å²) in [7, 11) is 1.47. The number of methoxy groups -OCH3 is 1. The number of nitrogens with one attached hydrogen (secondary N) is 1. The number of phenols is 1. The second-order valence-electron chi connectivity index (χ2n) is 8.40. The maximum absolute atomic E-state index is 13.3. The number of phenolic OH excluding ortho intramolecular Hbond substituents is 1. The molecule has 1 unspecified atom stereocenters. The number of carbonyl (C=O) groups excluding carboxylic acids is 2. The maximum atomic E-state index is 13.3. The zero-order chi connectivity index (χ0) is 24.5. The van der Waals surface area contributed by atoms with Gasteiger partial charge in [0.15, 0.2) is 0 Å². The fraction of sp³-hybridized carbons (Fsp3) is 0.143. The molecule has 1 saturated heterocycles. The van der Waals surface area contributed by atoms with E-state index in [2.05, 4.69) is 4.98 Å². The van der Waals surface area contributed by atoms with Gasteiger partial charge < -0.3 is 24.8 Å². The predicted molar refractivity (Wildman–Crippen MR) is 132 cm³/mol. The molecule has 3 N–H and O–H groups in total. The van der Waals surface area contributed by atoms with Crippen molar-refractivity contribution in [2.24, 2.45) is 0 Å². The molecule has 1 aromatic heterocycles. The molecule has 3 aromatic carbocycles. The van der Waals surface area contributed by atoms with Crippen molar-refractivity contribution in [3.8, 4) is 11.5 Å². The Labute approximate surface area is 201 Å². The van der Waals surface area contributed by atoms with E-state index in [1.165, 1.54) is 24.1 Å². The van der Waals surface area contributed by atoms with Crippen molar-refractivity contribution in [3.05, 3.63) is 101 Å². The zero-order valence-corrected chi connectivity index (χ0v) is 19.1. The number of aromatic nitrogens is 1. The summed E-state index contributed by atoms with van der Waals surface area (Å²) >= 11 is 0. The topological polar surface area (TPSA) is 103 Å². The van der Waals surface area contributed by atoms with Gasteiger partial charge in [-0.05, 0) is 47.9 Å². The summed E-state index contributed by atoms with van der Waals surface area (Å²) in [5.74, 6) is -1.41. The van der Waals surface area contributed by atoms with Gasteiger partial charge in [-0.2, -0.15) is 0 Å². The van der Waals surface area contributed by atoms with Gasteiger partial charge in [-0.3, -0.25) is 9.59 Å². The minimum atomic E-state index is -0.864. The van der Waals surface area contributed by atoms with Crippen molar-refractivity contribution in [2.75, 3.05) is 13.7 Å². The van der Waals surface area contributed by atoms with Gasteiger partial charge in [0, 0.05) is 23.6 Å². The van der Waals surface area contributed by atoms with Crippen molar-refractivity contribution in [3.63, 3.8) is 0 Å². The molecular formula is C28H24N2O5. The number of hydrogen-bond donors (Lipinski definition) is 3. The van der Waals surface area contributed by atoms with E-state index in [4.69, 9.17) is 4.74 Å². The van der Waals surface area contributed by atoms with E-state index in [9.17, 15) is 19.8 Å². The zero-order valence-electron chi connectivity index (χ0n) is 19.1. The van der Waals surface area contributed by atoms with Gasteiger partial charge >= 0.3 is 0 Å². The average Bonchev–Trinajstić information content (AvgIpc) is 3.40. The number of amides is 1. The Morgan fingerprint density at radius 2 is 1.80 bits per heavy atom. The number of ether oxygens (including phenoxy) is 1. The Hall–Kier alpha value is -4.52. The second-order valence-corrected chi connectivity index (χ2v) is 8.40. The molecule has 5 rings (SSSR count). The van der Waals surface area contributed by atoms with Crippen LogP contribution in [-0.4, -0.2) is 45.4 Å². The summed E-state index contributed by atoms with van der Waals surface area (Å²) < 4.78 is 5.36. The maximum Gasteiger partial charge on any atom is 0.295 e. The number of aliphatic hydroxyl groups excluding tert-OH is 1. The largest absolute Gasteiger partial charge is 0.508 e. The molecular weight excluding hydrogens is 444 g/mol. The Bertz CT molecular complexity index is 1470. The third-order valence-electron chi connectivity index (χ3n) is 6.38. The minimum Gasteiger partial charge on any atom is -0.508 e. The number of nitrogens with zero attached hydrogens (tertiary/aromatic N) is 1. The van der Waals surface area contributed by atoms with Gasteiger partial charge in [-0.25, -0.2) is 0 Å². The van der Waals surface area contributed by atoms with Crippen LogP contribution in [-0.2, 0) is 16.0 Å². The van der Waals surface area contributed by atoms with Crippen LogP contribution < -0.4 is 4.74 Å². The number of aromatic amines is 1. The van der Waals surface area contributed by atoms with Gasteiger partial charge in [0.1, 0.15) is 17.3 Å². The molecule has 0 saturated carbocycles. The Morgan fingerprint density at radius 3 is 2.60 bits per heavy atom. The van der Waals surface area contributed by atoms with Crippen molar-refractivity contribution >= 4 is 28.4 Å². The van der Waals surface area contributed by atoms with Crippen LogP contribution in [0, 0.1) is 0 Å². The lowest BCUT2D eigenvalue weighted by Crippen LogP contribution is -2.31. The lowest BCUT2D eigenvalue weighted by molar-refractivity contribution is -0.139. The molecule has 0 radical (unpaired) electrons. The van der Waals surface area contributed by atoms with Crippen LogP contribution in [0.15, 0.2) is 84.6 Å². The molecule has 1 fully saturated rings. The number of aromatic hydroxyl groups is 1. The first-order valence-electron chi connectivity index (χ1n) is 11.3. The third kappa shape index (κ3) is 3.91. The molecule has 1 atom stereocenters. The molecule has 4 aromatic rings. The van der Waals surface area contributed by atoms with Gasteiger partial charge in [-0.1, -0.05) is 42.5 Å². The van der Waals surface area contributed by atoms with Crippen molar-refractivity contribution in [1.29, 1.82) is 0 Å². The molecule has 1 amide bonds. The van der Waals surface area contributed by atoms with Gasteiger partial charge in [-0.15, -0.1) is 0 Å². The van der Waals surface area contributed by atoms with Gasteiger partial charge in [0.2, 0.25) is 0 Å². The fourth-order valence-electron chi connectivity index (χ4n) is 4.72. The number of likely N-dealkylation sites (tertiary alicyclic amines) is 1. The van der Waals surface area contributed by atoms with Gasteiger partial charge in [0.05, 0.1) is 24.3 Å². The van der Waals surface area contributed by atoms with Crippen LogP contribution in [0.3, 0.4) is 0 Å². The van der Waals surface area contributed by atoms with Gasteiger partial charge in [0.25, 0.3) is 11.7 Å². The summed E-state index contributed by atoms with van der Waals surface area (Å²) in [6, 6.07) is 20.2. The van der Waals surface area contributed by atoms with Crippen molar-refractivity contribution < 1.29 is 24.5 Å². The van der Waals surface area contributed by atoms with E-state index in [0.717, 1.165) is 16.5 Å². The number of rotatable bonds is 6. The molecule has 1 aliphatic rings. The monoisotopic (exact) mass is 468 g/mol. The van der Waals surface area contributed by atoms with E-state index in [1.807, 2.05) is 30.5 Å². The highest BCUT2D eigenvalue weighted by atomic mass is 16.5. The lowest BCUT2D eigenvalue weighted by atomic mass is 9.94. The first-order chi connectivity index (χ1) is 17.0. The lowest BCUT2D eigenvalue weighted by Gasteiger charge is -2.25. The standard InChI is InChI=1S/C28H24N2O5/c1-35-23-12-5-3-10-21(23)26(32)24-25(17-7-6-8-19(31)15-17)30(28(34)27(24)33)14-13-18-16-29-22-11-4-2-9-20(18)22/h2-12,15-16,25,29,31-32H,13-14H2,1H3/b26-24+. The third-order valence-corrected chi connectivity index (χ3v) is 6.38. The van der Waals surface area contributed by atoms with E-state index >= 15 is 0 Å². The summed E-state index contributed by atoms with van der Waals surface area (Å²) in [5, 5.41) is 22.4. The second kappa shape index (κ2) is 9.02. The highest BCUT2D eigenvalue weighted by molar-refractivity contribution is 6.46. The molecule has 7 nitrogen and oxygen atoms in total. The number of hydrogen-bond acceptors (Lipinski definition) is 5. The van der Waals surface area contributed by atoms with E-state index < -0.39 is 17.7 Å². The number of benzene rings is 3. The minimum absolute atomic E-state index is 0.00186. The van der Waals surface area contributed by atoms with E-state index in [1.54, 1.807) is 36.4 Å². The van der Waals surface area contributed by atoms with E-state index in [-0.39, 0.29) is 23.6 Å². The first-order valence-corrected chi connectivity index (χ1v) is 11.3. The summed E-state index contributed by atoms with van der Waals surface area (Å²) in [4.78, 5) is 31.2. The van der Waals surface area contributed by atoms with Crippen LogP contribution in [0.25, 0.3) is 16.7 Å². The molecule has 0 spiro atoms. The Kier molecular flexibility index (Phi) is 5.74. The summed E-state index contributed by atoms with van der Waals surface area (Å²) in [6.45, 7) is 0.245. The highest BCUT2D eigenvalue weighted by Gasteiger charge is 2.46. The summed E-state index contributed by atoms with van der Waals surface area (Å²) in [5.41, 5.74) is 2.81. The highest BCUT2D eigenvalue weighted by Crippen LogP contribution is 2.41. The molecule has 35 heavy (non-hydrogen) atoms. The number of ketones is 1. The van der Waals surface area contributed by atoms with Crippen LogP contribution in [0.2, 0.25) is 0 Å². The Morgan fingerprint density at radius 1 is 1.03 bits per heavy atom. The SMILES string of the molecule is COc1ccccc1/C(O)=C1\C(=O)C(=O)N(CCc2c[nH]c3ccccc23)C1c1cccc(O)c1. The van der Waals surface area contributed by atoms with Crippen molar-refractivity contribution in [2.45, 2.75) is 12.5 Å². The van der Waals surface area contributed by atoms with Crippen molar-refractivity contribution in [1.82, 2.24) is 9.88 Å². The molecule has 1 aliphatic heterocycles. The number of aliphatic hydroxyl groups is 1. The van der Waals surface area contributed by atoms with Crippen LogP contribution in [0.1, 0.15) is 22.7 Å². The number of H-pyrrole nitrogens is 1. The smallest absolute Gasteiger partial charge is 0.295 e. The quantitative estimate of drug-likeness (QED) is 0.219. The predicted octanol–water partition coefficient (Wildman–Crippen LogP) is 4.55. The number of carbonyl (C=O) groups is 2. The molecule has 0 aliphatic carbocycles.